The van der Waals surface area contributed by atoms with E-state index < -0.39 is 0 Å². The van der Waals surface area contributed by atoms with Gasteiger partial charge >= 0.3 is 0 Å². The van der Waals surface area contributed by atoms with Crippen molar-refractivity contribution >= 4 is 45.2 Å². The van der Waals surface area contributed by atoms with Crippen LogP contribution in [-0.2, 0) is 4.74 Å². The van der Waals surface area contributed by atoms with E-state index in [0.29, 0.717) is 13.2 Å². The van der Waals surface area contributed by atoms with E-state index in [2.05, 4.69) is 68.9 Å². The monoisotopic (exact) mass is 498 g/mol. The molecular weight excluding hydrogens is 486 g/mol. The van der Waals surface area contributed by atoms with Crippen LogP contribution < -0.4 is 0 Å². The van der Waals surface area contributed by atoms with Gasteiger partial charge < -0.3 is 4.74 Å². The van der Waals surface area contributed by atoms with Crippen molar-refractivity contribution in [3.63, 3.8) is 0 Å². The van der Waals surface area contributed by atoms with Crippen LogP contribution in [0, 0.1) is 30.8 Å². The zero-order chi connectivity index (χ0) is 14.9. The van der Waals surface area contributed by atoms with E-state index in [9.17, 15) is 0 Å². The molecule has 0 N–H and O–H groups in total. The minimum absolute atomic E-state index is 0.396. The molecule has 0 saturated heterocycles. The second kappa shape index (κ2) is 9.09. The van der Waals surface area contributed by atoms with Gasteiger partial charge in [-0.05, 0) is 93.7 Å². The summed E-state index contributed by atoms with van der Waals surface area (Å²) in [6.07, 6.45) is 0. The quantitative estimate of drug-likeness (QED) is 0.341. The Balaban J connectivity index is 1.73. The molecule has 0 unspecified atom stereocenters. The lowest BCUT2D eigenvalue weighted by Crippen LogP contribution is -1.91. The first-order valence-electron chi connectivity index (χ1n) is 6.31. The van der Waals surface area contributed by atoms with E-state index in [-0.39, 0.29) is 0 Å². The molecule has 2 aromatic rings. The molecule has 0 aromatic heterocycles. The van der Waals surface area contributed by atoms with Gasteiger partial charge in [0.05, 0.1) is 0 Å². The average Bonchev–Trinajstić information content (AvgIpc) is 2.50. The Kier molecular flexibility index (Phi) is 7.08. The summed E-state index contributed by atoms with van der Waals surface area (Å²) in [7, 11) is 0. The predicted molar refractivity (Wildman–Crippen MR) is 103 cm³/mol. The summed E-state index contributed by atoms with van der Waals surface area (Å²) in [5.41, 5.74) is 2.01. The third-order valence-electron chi connectivity index (χ3n) is 2.50. The molecule has 0 saturated carbocycles. The minimum Gasteiger partial charge on any atom is -0.356 e. The van der Waals surface area contributed by atoms with Crippen LogP contribution in [0.3, 0.4) is 0 Å². The zero-order valence-electron chi connectivity index (χ0n) is 11.2. The third kappa shape index (κ3) is 6.52. The topological polar surface area (TPSA) is 9.23 Å². The van der Waals surface area contributed by atoms with E-state index in [0.717, 1.165) is 11.1 Å². The molecule has 3 heteroatoms. The zero-order valence-corrected chi connectivity index (χ0v) is 15.5. The molecule has 21 heavy (non-hydrogen) atoms. The van der Waals surface area contributed by atoms with Crippen molar-refractivity contribution in [3.05, 3.63) is 66.8 Å². The lowest BCUT2D eigenvalue weighted by atomic mass is 10.2. The molecule has 2 rings (SSSR count). The lowest BCUT2D eigenvalue weighted by molar-refractivity contribution is 0.204. The summed E-state index contributed by atoms with van der Waals surface area (Å²) < 4.78 is 7.79. The standard InChI is InChI=1S/C18H12I2O/c19-17-9-5-15(6-10-17)3-1-13-21-14-2-4-16-7-11-18(20)12-8-16/h5-12H,13-14H2. The highest BCUT2D eigenvalue weighted by Crippen LogP contribution is 2.06. The second-order valence-electron chi connectivity index (χ2n) is 4.11. The highest BCUT2D eigenvalue weighted by Gasteiger charge is 1.87. The fraction of sp³-hybridized carbons (Fsp3) is 0.111. The number of hydrogen-bond acceptors (Lipinski definition) is 1. The van der Waals surface area contributed by atoms with Gasteiger partial charge in [-0.3, -0.25) is 0 Å². The van der Waals surface area contributed by atoms with E-state index in [1.54, 1.807) is 0 Å². The highest BCUT2D eigenvalue weighted by molar-refractivity contribution is 14.1. The van der Waals surface area contributed by atoms with E-state index in [4.69, 9.17) is 4.74 Å². The van der Waals surface area contributed by atoms with Crippen LogP contribution in [-0.4, -0.2) is 13.2 Å². The van der Waals surface area contributed by atoms with Gasteiger partial charge in [-0.15, -0.1) is 0 Å². The number of hydrogen-bond donors (Lipinski definition) is 0. The van der Waals surface area contributed by atoms with E-state index in [1.807, 2.05) is 48.5 Å². The first-order valence-corrected chi connectivity index (χ1v) is 8.46. The minimum atomic E-state index is 0.396. The summed E-state index contributed by atoms with van der Waals surface area (Å²) in [4.78, 5) is 0. The second-order valence-corrected chi connectivity index (χ2v) is 6.60. The maximum Gasteiger partial charge on any atom is 0.109 e. The van der Waals surface area contributed by atoms with Crippen molar-refractivity contribution in [3.8, 4) is 23.7 Å². The third-order valence-corrected chi connectivity index (χ3v) is 3.94. The maximum atomic E-state index is 5.37. The number of halogens is 2. The fourth-order valence-electron chi connectivity index (χ4n) is 1.50. The SMILES string of the molecule is Ic1ccc(C#CCOCC#Cc2ccc(I)cc2)cc1. The van der Waals surface area contributed by atoms with Crippen LogP contribution in [0.2, 0.25) is 0 Å². The Morgan fingerprint density at radius 3 is 1.43 bits per heavy atom. The molecule has 0 spiro atoms. The molecule has 2 aromatic carbocycles. The van der Waals surface area contributed by atoms with Crippen LogP contribution in [0.1, 0.15) is 11.1 Å². The Hall–Kier alpha value is -1.02. The molecule has 0 radical (unpaired) electrons. The van der Waals surface area contributed by atoms with Gasteiger partial charge in [0.25, 0.3) is 0 Å². The molecule has 0 aliphatic heterocycles. The smallest absolute Gasteiger partial charge is 0.109 e. The summed E-state index contributed by atoms with van der Waals surface area (Å²) in [5.74, 6) is 12.1. The van der Waals surface area contributed by atoms with Crippen LogP contribution in [0.15, 0.2) is 48.5 Å². The van der Waals surface area contributed by atoms with Crippen molar-refractivity contribution in [1.29, 1.82) is 0 Å². The molecule has 0 aliphatic carbocycles. The molecule has 0 aliphatic rings. The van der Waals surface area contributed by atoms with Crippen molar-refractivity contribution in [2.24, 2.45) is 0 Å². The highest BCUT2D eigenvalue weighted by atomic mass is 127. The van der Waals surface area contributed by atoms with Gasteiger partial charge in [0.15, 0.2) is 0 Å². The Morgan fingerprint density at radius 2 is 1.05 bits per heavy atom. The molecule has 0 heterocycles. The van der Waals surface area contributed by atoms with Gasteiger partial charge in [0, 0.05) is 18.3 Å². The van der Waals surface area contributed by atoms with Gasteiger partial charge in [-0.1, -0.05) is 23.7 Å². The van der Waals surface area contributed by atoms with Gasteiger partial charge in [-0.2, -0.15) is 0 Å². The largest absolute Gasteiger partial charge is 0.356 e. The molecule has 0 amide bonds. The number of ether oxygens (including phenoxy) is 1. The van der Waals surface area contributed by atoms with Crippen molar-refractivity contribution in [2.75, 3.05) is 13.2 Å². The van der Waals surface area contributed by atoms with Crippen molar-refractivity contribution in [2.45, 2.75) is 0 Å². The first kappa shape index (κ1) is 16.4. The molecule has 0 bridgehead atoms. The fourth-order valence-corrected chi connectivity index (χ4v) is 2.21. The number of benzene rings is 2. The molecule has 0 atom stereocenters. The number of rotatable bonds is 2. The Bertz CT molecular complexity index is 632. The summed E-state index contributed by atoms with van der Waals surface area (Å²) >= 11 is 4.55. The first-order chi connectivity index (χ1) is 10.2. The molecule has 104 valence electrons. The molecule has 1 nitrogen and oxygen atoms in total. The molecule has 0 fully saturated rings. The van der Waals surface area contributed by atoms with E-state index in [1.165, 1.54) is 7.14 Å². The average molecular weight is 498 g/mol. The van der Waals surface area contributed by atoms with Crippen LogP contribution in [0.25, 0.3) is 0 Å². The van der Waals surface area contributed by atoms with E-state index >= 15 is 0 Å². The maximum absolute atomic E-state index is 5.37. The van der Waals surface area contributed by atoms with Gasteiger partial charge in [-0.25, -0.2) is 0 Å². The van der Waals surface area contributed by atoms with Crippen LogP contribution >= 0.6 is 45.2 Å². The Labute approximate surface area is 152 Å². The van der Waals surface area contributed by atoms with Gasteiger partial charge in [0.2, 0.25) is 0 Å². The summed E-state index contributed by atoms with van der Waals surface area (Å²) in [6.45, 7) is 0.792. The van der Waals surface area contributed by atoms with Crippen LogP contribution in [0.5, 0.6) is 0 Å². The summed E-state index contributed by atoms with van der Waals surface area (Å²) in [6, 6.07) is 16.2. The van der Waals surface area contributed by atoms with Crippen molar-refractivity contribution in [1.82, 2.24) is 0 Å². The predicted octanol–water partition coefficient (Wildman–Crippen LogP) is 4.32. The lowest BCUT2D eigenvalue weighted by Gasteiger charge is -1.92. The van der Waals surface area contributed by atoms with Gasteiger partial charge in [0.1, 0.15) is 13.2 Å². The molecular formula is C18H12I2O. The summed E-state index contributed by atoms with van der Waals surface area (Å²) in [5, 5.41) is 0. The van der Waals surface area contributed by atoms with Crippen molar-refractivity contribution < 1.29 is 4.74 Å². The van der Waals surface area contributed by atoms with Crippen LogP contribution in [0.4, 0.5) is 0 Å². The Morgan fingerprint density at radius 1 is 0.667 bits per heavy atom. The normalized spacial score (nSPS) is 9.24.